The summed E-state index contributed by atoms with van der Waals surface area (Å²) in [7, 11) is 0. The molecule has 1 aromatic heterocycles. The van der Waals surface area contributed by atoms with E-state index < -0.39 is 0 Å². The van der Waals surface area contributed by atoms with Gasteiger partial charge in [-0.2, -0.15) is 0 Å². The molecule has 0 radical (unpaired) electrons. The van der Waals surface area contributed by atoms with Gasteiger partial charge < -0.3 is 15.0 Å². The van der Waals surface area contributed by atoms with E-state index in [1.54, 1.807) is 0 Å². The first-order chi connectivity index (χ1) is 7.78. The zero-order valence-corrected chi connectivity index (χ0v) is 10.3. The maximum absolute atomic E-state index is 11.0. The number of aromatic amines is 1. The topological polar surface area (TPSA) is 54.1 Å². The van der Waals surface area contributed by atoms with Gasteiger partial charge in [-0.3, -0.25) is 4.79 Å². The predicted octanol–water partition coefficient (Wildman–Crippen LogP) is 1.48. The van der Waals surface area contributed by atoms with Gasteiger partial charge in [-0.25, -0.2) is 0 Å². The van der Waals surface area contributed by atoms with Gasteiger partial charge >= 0.3 is 4.87 Å². The Labute approximate surface area is 99.0 Å². The Morgan fingerprint density at radius 3 is 3.25 bits per heavy atom. The SMILES string of the molecule is CCC1CC(NCc2csc(=O)[nH]2)CCO1. The molecule has 0 spiro atoms. The summed E-state index contributed by atoms with van der Waals surface area (Å²) in [6.07, 6.45) is 3.61. The van der Waals surface area contributed by atoms with Gasteiger partial charge in [-0.1, -0.05) is 18.3 Å². The van der Waals surface area contributed by atoms with Crippen LogP contribution in [0, 0.1) is 0 Å². The van der Waals surface area contributed by atoms with Gasteiger partial charge in [-0.15, -0.1) is 0 Å². The van der Waals surface area contributed by atoms with Crippen molar-refractivity contribution >= 4 is 11.3 Å². The maximum atomic E-state index is 11.0. The van der Waals surface area contributed by atoms with Crippen molar-refractivity contribution in [3.05, 3.63) is 20.7 Å². The molecule has 1 fully saturated rings. The average molecular weight is 242 g/mol. The van der Waals surface area contributed by atoms with Crippen molar-refractivity contribution in [2.45, 2.75) is 44.9 Å². The molecular weight excluding hydrogens is 224 g/mol. The number of thiazole rings is 1. The van der Waals surface area contributed by atoms with Crippen LogP contribution >= 0.6 is 11.3 Å². The fourth-order valence-corrected chi connectivity index (χ4v) is 2.59. The molecule has 16 heavy (non-hydrogen) atoms. The summed E-state index contributed by atoms with van der Waals surface area (Å²) in [4.78, 5) is 13.8. The number of H-pyrrole nitrogens is 1. The fourth-order valence-electron chi connectivity index (χ4n) is 2.00. The van der Waals surface area contributed by atoms with Crippen LogP contribution < -0.4 is 10.2 Å². The van der Waals surface area contributed by atoms with E-state index in [0.717, 1.165) is 38.1 Å². The van der Waals surface area contributed by atoms with Gasteiger partial charge in [0.2, 0.25) is 0 Å². The summed E-state index contributed by atoms with van der Waals surface area (Å²) in [6.45, 7) is 3.75. The number of ether oxygens (including phenoxy) is 1. The van der Waals surface area contributed by atoms with Crippen molar-refractivity contribution < 1.29 is 4.74 Å². The first kappa shape index (κ1) is 11.8. The summed E-state index contributed by atoms with van der Waals surface area (Å²) in [5.41, 5.74) is 0.981. The average Bonchev–Trinajstić information content (AvgIpc) is 2.73. The number of nitrogens with one attached hydrogen (secondary N) is 2. The molecule has 1 aromatic rings. The summed E-state index contributed by atoms with van der Waals surface area (Å²) in [5.74, 6) is 0. The van der Waals surface area contributed by atoms with Crippen molar-refractivity contribution in [1.82, 2.24) is 10.3 Å². The second-order valence-electron chi connectivity index (χ2n) is 4.18. The third-order valence-electron chi connectivity index (χ3n) is 2.97. The molecule has 2 N–H and O–H groups in total. The van der Waals surface area contributed by atoms with Gasteiger partial charge in [0, 0.05) is 30.3 Å². The quantitative estimate of drug-likeness (QED) is 0.841. The van der Waals surface area contributed by atoms with Crippen LogP contribution in [0.5, 0.6) is 0 Å². The minimum absolute atomic E-state index is 0.0233. The summed E-state index contributed by atoms with van der Waals surface area (Å²) in [6, 6.07) is 0.516. The Morgan fingerprint density at radius 2 is 2.56 bits per heavy atom. The van der Waals surface area contributed by atoms with Crippen LogP contribution in [0.1, 0.15) is 31.9 Å². The minimum atomic E-state index is 0.0233. The lowest BCUT2D eigenvalue weighted by atomic mass is 10.0. The van der Waals surface area contributed by atoms with Crippen LogP contribution in [0.3, 0.4) is 0 Å². The highest BCUT2D eigenvalue weighted by atomic mass is 32.1. The van der Waals surface area contributed by atoms with Crippen molar-refractivity contribution in [2.75, 3.05) is 6.61 Å². The molecule has 0 bridgehead atoms. The molecule has 4 nitrogen and oxygen atoms in total. The third-order valence-corrected chi connectivity index (χ3v) is 3.69. The molecule has 0 aromatic carbocycles. The van der Waals surface area contributed by atoms with Crippen molar-refractivity contribution in [3.8, 4) is 0 Å². The van der Waals surface area contributed by atoms with E-state index in [0.29, 0.717) is 12.1 Å². The van der Waals surface area contributed by atoms with Gasteiger partial charge in [0.15, 0.2) is 0 Å². The highest BCUT2D eigenvalue weighted by molar-refractivity contribution is 7.07. The molecule has 0 amide bonds. The van der Waals surface area contributed by atoms with Crippen LogP contribution in [-0.4, -0.2) is 23.7 Å². The van der Waals surface area contributed by atoms with Gasteiger partial charge in [0.1, 0.15) is 0 Å². The summed E-state index contributed by atoms with van der Waals surface area (Å²) < 4.78 is 5.62. The third kappa shape index (κ3) is 3.17. The van der Waals surface area contributed by atoms with E-state index in [9.17, 15) is 4.79 Å². The molecule has 1 aliphatic heterocycles. The van der Waals surface area contributed by atoms with E-state index in [4.69, 9.17) is 4.74 Å². The molecule has 2 rings (SSSR count). The lowest BCUT2D eigenvalue weighted by molar-refractivity contribution is -0.000364. The Bertz CT molecular complexity index is 374. The van der Waals surface area contributed by atoms with E-state index in [1.807, 2.05) is 5.38 Å². The van der Waals surface area contributed by atoms with Crippen molar-refractivity contribution in [3.63, 3.8) is 0 Å². The Balaban J connectivity index is 1.79. The van der Waals surface area contributed by atoms with Crippen LogP contribution in [0.15, 0.2) is 10.2 Å². The predicted molar refractivity (Wildman–Crippen MR) is 64.8 cm³/mol. The van der Waals surface area contributed by atoms with Gasteiger partial charge in [0.05, 0.1) is 6.10 Å². The normalized spacial score (nSPS) is 25.8. The molecule has 2 heterocycles. The largest absolute Gasteiger partial charge is 0.378 e. The lowest BCUT2D eigenvalue weighted by Gasteiger charge is -2.29. The van der Waals surface area contributed by atoms with Crippen LogP contribution in [0.2, 0.25) is 0 Å². The Morgan fingerprint density at radius 1 is 1.69 bits per heavy atom. The zero-order valence-electron chi connectivity index (χ0n) is 9.49. The van der Waals surface area contributed by atoms with Crippen molar-refractivity contribution in [1.29, 1.82) is 0 Å². The van der Waals surface area contributed by atoms with Crippen LogP contribution in [0.25, 0.3) is 0 Å². The highest BCUT2D eigenvalue weighted by Crippen LogP contribution is 2.16. The number of hydrogen-bond acceptors (Lipinski definition) is 4. The van der Waals surface area contributed by atoms with Crippen molar-refractivity contribution in [2.24, 2.45) is 0 Å². The van der Waals surface area contributed by atoms with E-state index in [1.165, 1.54) is 11.3 Å². The van der Waals surface area contributed by atoms with E-state index in [2.05, 4.69) is 17.2 Å². The number of aromatic nitrogens is 1. The lowest BCUT2D eigenvalue weighted by Crippen LogP contribution is -2.38. The summed E-state index contributed by atoms with van der Waals surface area (Å²) >= 11 is 1.22. The first-order valence-electron chi connectivity index (χ1n) is 5.79. The maximum Gasteiger partial charge on any atom is 0.304 e. The zero-order chi connectivity index (χ0) is 11.4. The number of hydrogen-bond donors (Lipinski definition) is 2. The monoisotopic (exact) mass is 242 g/mol. The molecule has 0 saturated carbocycles. The van der Waals surface area contributed by atoms with Crippen LogP contribution in [0.4, 0.5) is 0 Å². The minimum Gasteiger partial charge on any atom is -0.378 e. The molecule has 2 atom stereocenters. The standard InChI is InChI=1S/C11H18N2O2S/c1-2-10-5-8(3-4-15-10)12-6-9-7-16-11(14)13-9/h7-8,10,12H,2-6H2,1H3,(H,13,14). The Kier molecular flexibility index (Phi) is 4.15. The van der Waals surface area contributed by atoms with E-state index in [-0.39, 0.29) is 4.87 Å². The molecule has 0 aliphatic carbocycles. The molecule has 5 heteroatoms. The van der Waals surface area contributed by atoms with E-state index >= 15 is 0 Å². The Hall–Kier alpha value is -0.650. The number of rotatable bonds is 4. The second-order valence-corrected chi connectivity index (χ2v) is 5.02. The highest BCUT2D eigenvalue weighted by Gasteiger charge is 2.20. The smallest absolute Gasteiger partial charge is 0.304 e. The first-order valence-corrected chi connectivity index (χ1v) is 6.67. The second kappa shape index (κ2) is 5.61. The van der Waals surface area contributed by atoms with Gasteiger partial charge in [0.25, 0.3) is 0 Å². The molecule has 90 valence electrons. The molecule has 1 saturated heterocycles. The van der Waals surface area contributed by atoms with Crippen LogP contribution in [-0.2, 0) is 11.3 Å². The molecular formula is C11H18N2O2S. The fraction of sp³-hybridized carbons (Fsp3) is 0.727. The molecule has 2 unspecified atom stereocenters. The summed E-state index contributed by atoms with van der Waals surface area (Å²) in [5, 5.41) is 5.35. The molecule has 1 aliphatic rings. The van der Waals surface area contributed by atoms with Gasteiger partial charge in [-0.05, 0) is 19.3 Å².